The van der Waals surface area contributed by atoms with Gasteiger partial charge in [0.2, 0.25) is 5.91 Å². The lowest BCUT2D eigenvalue weighted by molar-refractivity contribution is -0.147. The molecule has 1 amide bonds. The molecule has 7 nitrogen and oxygen atoms in total. The van der Waals surface area contributed by atoms with Crippen LogP contribution >= 0.6 is 11.3 Å². The Labute approximate surface area is 180 Å². The fraction of sp³-hybridized carbons (Fsp3) is 0.364. The largest absolute Gasteiger partial charge is 0.368 e. The van der Waals surface area contributed by atoms with Crippen LogP contribution in [0.4, 0.5) is 10.9 Å². The number of nitrogens with zero attached hydrogens (tertiary/aromatic N) is 4. The van der Waals surface area contributed by atoms with Gasteiger partial charge in [-0.3, -0.25) is 9.78 Å². The van der Waals surface area contributed by atoms with Crippen molar-refractivity contribution >= 4 is 28.2 Å². The molecular weight excluding hydrogens is 398 g/mol. The topological polar surface area (TPSA) is 80.2 Å². The maximum Gasteiger partial charge on any atom is 0.228 e. The Morgan fingerprint density at radius 1 is 1.23 bits per heavy atom. The van der Waals surface area contributed by atoms with E-state index in [4.69, 9.17) is 9.72 Å². The second-order valence-corrected chi connectivity index (χ2v) is 9.24. The average molecular weight is 424 g/mol. The van der Waals surface area contributed by atoms with E-state index in [0.29, 0.717) is 25.5 Å². The molecule has 1 aliphatic rings. The van der Waals surface area contributed by atoms with Crippen molar-refractivity contribution in [3.05, 3.63) is 54.6 Å². The van der Waals surface area contributed by atoms with Gasteiger partial charge < -0.3 is 15.0 Å². The van der Waals surface area contributed by atoms with Crippen LogP contribution in [0.3, 0.4) is 0 Å². The number of morpholine rings is 1. The number of anilines is 2. The number of hydrogen-bond donors (Lipinski definition) is 1. The van der Waals surface area contributed by atoms with Crippen molar-refractivity contribution in [3.63, 3.8) is 0 Å². The van der Waals surface area contributed by atoms with Gasteiger partial charge in [-0.05, 0) is 18.2 Å². The summed E-state index contributed by atoms with van der Waals surface area (Å²) in [5.74, 6) is 0.832. The summed E-state index contributed by atoms with van der Waals surface area (Å²) in [6.45, 7) is 7.45. The summed E-state index contributed by atoms with van der Waals surface area (Å²) in [6, 6.07) is 9.69. The fourth-order valence-corrected chi connectivity index (χ4v) is 4.08. The molecule has 1 saturated heterocycles. The molecule has 156 valence electrons. The minimum Gasteiger partial charge on any atom is -0.368 e. The predicted octanol–water partition coefficient (Wildman–Crippen LogP) is 4.29. The van der Waals surface area contributed by atoms with E-state index in [2.05, 4.69) is 15.3 Å². The van der Waals surface area contributed by atoms with Gasteiger partial charge in [0, 0.05) is 36.1 Å². The molecule has 0 spiro atoms. The van der Waals surface area contributed by atoms with Crippen LogP contribution in [-0.2, 0) is 9.53 Å². The first-order chi connectivity index (χ1) is 14.4. The van der Waals surface area contributed by atoms with Gasteiger partial charge in [0.15, 0.2) is 5.13 Å². The molecule has 0 bridgehead atoms. The highest BCUT2D eigenvalue weighted by molar-refractivity contribution is 7.18. The van der Waals surface area contributed by atoms with Gasteiger partial charge in [0.05, 0.1) is 23.7 Å². The molecule has 1 N–H and O–H groups in total. The molecule has 1 atom stereocenters. The number of nitrogens with one attached hydrogen (secondary N) is 1. The molecule has 1 fully saturated rings. The minimum atomic E-state index is -0.407. The summed E-state index contributed by atoms with van der Waals surface area (Å²) in [5, 5.41) is 4.03. The van der Waals surface area contributed by atoms with Gasteiger partial charge in [0.25, 0.3) is 0 Å². The van der Waals surface area contributed by atoms with E-state index in [-0.39, 0.29) is 12.0 Å². The molecule has 1 unspecified atom stereocenters. The molecule has 0 aliphatic carbocycles. The van der Waals surface area contributed by atoms with Gasteiger partial charge in [-0.1, -0.05) is 44.2 Å². The average Bonchev–Trinajstić information content (AvgIpc) is 3.22. The molecule has 4 heterocycles. The van der Waals surface area contributed by atoms with Crippen LogP contribution in [0.2, 0.25) is 0 Å². The number of carbonyl (C=O) groups excluding carboxylic acids is 1. The van der Waals surface area contributed by atoms with Crippen molar-refractivity contribution in [3.8, 4) is 10.4 Å². The Hall–Kier alpha value is -2.84. The summed E-state index contributed by atoms with van der Waals surface area (Å²) in [5.41, 5.74) is 1.43. The van der Waals surface area contributed by atoms with Crippen molar-refractivity contribution in [2.24, 2.45) is 5.41 Å². The van der Waals surface area contributed by atoms with Crippen molar-refractivity contribution in [2.45, 2.75) is 26.9 Å². The zero-order chi connectivity index (χ0) is 21.1. The minimum absolute atomic E-state index is 0.135. The lowest BCUT2D eigenvalue weighted by atomic mass is 9.94. The van der Waals surface area contributed by atoms with Gasteiger partial charge in [-0.2, -0.15) is 0 Å². The van der Waals surface area contributed by atoms with E-state index in [0.717, 1.165) is 21.3 Å². The molecule has 1 aliphatic heterocycles. The number of pyridine rings is 2. The van der Waals surface area contributed by atoms with Gasteiger partial charge in [0.1, 0.15) is 11.9 Å². The predicted molar refractivity (Wildman–Crippen MR) is 118 cm³/mol. The molecule has 0 aromatic carbocycles. The number of amides is 1. The number of aromatic nitrogens is 3. The first kappa shape index (κ1) is 20.4. The Bertz CT molecular complexity index is 1020. The SMILES string of the molecule is CC(C)(C)C(=O)N1CCOC(c2cccc(Nc3ncc(-c4cccnc4)s3)n2)C1. The van der Waals surface area contributed by atoms with Crippen LogP contribution in [0.25, 0.3) is 10.4 Å². The Kier molecular flexibility index (Phi) is 5.78. The first-order valence-corrected chi connectivity index (χ1v) is 10.7. The molecule has 8 heteroatoms. The van der Waals surface area contributed by atoms with Gasteiger partial charge >= 0.3 is 0 Å². The Morgan fingerprint density at radius 3 is 2.87 bits per heavy atom. The fourth-order valence-electron chi connectivity index (χ4n) is 3.27. The van der Waals surface area contributed by atoms with E-state index in [9.17, 15) is 4.79 Å². The molecule has 3 aromatic rings. The third-order valence-corrected chi connectivity index (χ3v) is 5.74. The van der Waals surface area contributed by atoms with E-state index in [1.54, 1.807) is 17.5 Å². The second kappa shape index (κ2) is 8.49. The third kappa shape index (κ3) is 4.66. The zero-order valence-electron chi connectivity index (χ0n) is 17.3. The maximum absolute atomic E-state index is 12.7. The number of rotatable bonds is 4. The van der Waals surface area contributed by atoms with E-state index in [1.165, 1.54) is 0 Å². The first-order valence-electron chi connectivity index (χ1n) is 9.91. The molecular formula is C22H25N5O2S. The number of thiazole rings is 1. The van der Waals surface area contributed by atoms with E-state index >= 15 is 0 Å². The quantitative estimate of drug-likeness (QED) is 0.674. The highest BCUT2D eigenvalue weighted by Gasteiger charge is 2.32. The Balaban J connectivity index is 1.47. The van der Waals surface area contributed by atoms with Crippen molar-refractivity contribution in [1.82, 2.24) is 19.9 Å². The van der Waals surface area contributed by atoms with Gasteiger partial charge in [-0.15, -0.1) is 0 Å². The summed E-state index contributed by atoms with van der Waals surface area (Å²) in [7, 11) is 0. The van der Waals surface area contributed by atoms with Crippen LogP contribution in [0.15, 0.2) is 48.9 Å². The molecule has 0 saturated carbocycles. The normalized spacial score (nSPS) is 17.0. The number of ether oxygens (including phenoxy) is 1. The second-order valence-electron chi connectivity index (χ2n) is 8.20. The molecule has 0 radical (unpaired) electrons. The number of hydrogen-bond acceptors (Lipinski definition) is 7. The summed E-state index contributed by atoms with van der Waals surface area (Å²) < 4.78 is 5.92. The number of carbonyl (C=O) groups is 1. The zero-order valence-corrected chi connectivity index (χ0v) is 18.1. The van der Waals surface area contributed by atoms with E-state index < -0.39 is 5.41 Å². The standard InChI is InChI=1S/C22H25N5O2S/c1-22(2,3)20(28)27-10-11-29-17(14-27)16-7-4-8-19(25-16)26-21-24-13-18(30-21)15-6-5-9-23-12-15/h4-9,12-13,17H,10-11,14H2,1-3H3,(H,24,25,26). The van der Waals surface area contributed by atoms with Gasteiger partial charge in [-0.25, -0.2) is 9.97 Å². The lowest BCUT2D eigenvalue weighted by Gasteiger charge is -2.36. The Morgan fingerprint density at radius 2 is 2.10 bits per heavy atom. The maximum atomic E-state index is 12.7. The van der Waals surface area contributed by atoms with Crippen LogP contribution in [0.1, 0.15) is 32.6 Å². The van der Waals surface area contributed by atoms with Crippen LogP contribution in [0, 0.1) is 5.41 Å². The summed E-state index contributed by atoms with van der Waals surface area (Å²) in [4.78, 5) is 28.9. The third-order valence-electron chi connectivity index (χ3n) is 4.78. The highest BCUT2D eigenvalue weighted by Crippen LogP contribution is 2.30. The molecule has 3 aromatic heterocycles. The molecule has 30 heavy (non-hydrogen) atoms. The van der Waals surface area contributed by atoms with Crippen LogP contribution in [0.5, 0.6) is 0 Å². The monoisotopic (exact) mass is 423 g/mol. The van der Waals surface area contributed by atoms with Crippen molar-refractivity contribution in [1.29, 1.82) is 0 Å². The summed E-state index contributed by atoms with van der Waals surface area (Å²) >= 11 is 1.54. The van der Waals surface area contributed by atoms with Crippen LogP contribution < -0.4 is 5.32 Å². The van der Waals surface area contributed by atoms with Crippen LogP contribution in [-0.4, -0.2) is 45.5 Å². The lowest BCUT2D eigenvalue weighted by Crippen LogP contribution is -2.47. The highest BCUT2D eigenvalue weighted by atomic mass is 32.1. The van der Waals surface area contributed by atoms with E-state index in [1.807, 2.05) is 68.4 Å². The smallest absolute Gasteiger partial charge is 0.228 e. The van der Waals surface area contributed by atoms with Crippen molar-refractivity contribution in [2.75, 3.05) is 25.0 Å². The molecule has 4 rings (SSSR count). The summed E-state index contributed by atoms with van der Waals surface area (Å²) in [6.07, 6.45) is 5.16. The van der Waals surface area contributed by atoms with Crippen molar-refractivity contribution < 1.29 is 9.53 Å².